The van der Waals surface area contributed by atoms with Crippen LogP contribution in [-0.4, -0.2) is 10.2 Å². The predicted octanol–water partition coefficient (Wildman–Crippen LogP) is 2.44. The van der Waals surface area contributed by atoms with Crippen molar-refractivity contribution >= 4 is 10.9 Å². The van der Waals surface area contributed by atoms with Crippen LogP contribution in [0.25, 0.3) is 10.9 Å². The molecule has 0 saturated heterocycles. The highest BCUT2D eigenvalue weighted by Crippen LogP contribution is 2.04. The molecule has 1 N–H and O–H groups in total. The van der Waals surface area contributed by atoms with Crippen molar-refractivity contribution in [3.63, 3.8) is 0 Å². The average molecular weight is 148 g/mol. The predicted molar refractivity (Wildman–Crippen MR) is 47.2 cm³/mol. The van der Waals surface area contributed by atoms with Gasteiger partial charge in [-0.05, 0) is 6.07 Å². The van der Waals surface area contributed by atoms with Crippen LogP contribution in [0.4, 0.5) is 0 Å². The topological polar surface area (TPSA) is 28.7 Å². The minimum Gasteiger partial charge on any atom is -0.277 e. The Kier molecular flexibility index (Phi) is 2.51. The molecule has 0 atom stereocenters. The molecule has 0 radical (unpaired) electrons. The zero-order valence-electron chi connectivity index (χ0n) is 6.68. The molecule has 0 spiro atoms. The third-order valence-electron chi connectivity index (χ3n) is 1.23. The van der Waals surface area contributed by atoms with Crippen LogP contribution in [0.5, 0.6) is 0 Å². The summed E-state index contributed by atoms with van der Waals surface area (Å²) in [6, 6.07) is 9.33. The Hall–Kier alpha value is -1.49. The molecule has 1 aromatic heterocycles. The normalized spacial score (nSPS) is 8.18. The SMILES string of the molecule is CC.[HH].c1cc2cn[nH]c2cc#1. The van der Waals surface area contributed by atoms with Crippen molar-refractivity contribution < 1.29 is 1.43 Å². The number of rotatable bonds is 0. The lowest BCUT2D eigenvalue weighted by atomic mass is 10.3. The fourth-order valence-corrected chi connectivity index (χ4v) is 0.769. The lowest BCUT2D eigenvalue weighted by Gasteiger charge is -1.75. The minimum atomic E-state index is 0. The molecular weight excluding hydrogens is 136 g/mol. The van der Waals surface area contributed by atoms with Crippen molar-refractivity contribution in [3.8, 4) is 0 Å². The van der Waals surface area contributed by atoms with E-state index in [-0.39, 0.29) is 1.43 Å². The Morgan fingerprint density at radius 3 is 2.82 bits per heavy atom. The smallest absolute Gasteiger partial charge is 0.0740 e. The van der Waals surface area contributed by atoms with Gasteiger partial charge in [0, 0.05) is 12.9 Å². The maximum absolute atomic E-state index is 3.84. The zero-order valence-corrected chi connectivity index (χ0v) is 6.68. The fraction of sp³-hybridized carbons (Fsp3) is 0.222. The second-order valence-electron chi connectivity index (χ2n) is 1.82. The van der Waals surface area contributed by atoms with Crippen molar-refractivity contribution in [3.05, 3.63) is 30.5 Å². The molecule has 0 aliphatic carbocycles. The summed E-state index contributed by atoms with van der Waals surface area (Å²) >= 11 is 0. The second kappa shape index (κ2) is 3.62. The number of H-pyrrole nitrogens is 1. The van der Waals surface area contributed by atoms with Crippen LogP contribution < -0.4 is 0 Å². The first kappa shape index (κ1) is 7.62. The molecule has 0 aliphatic rings. The summed E-state index contributed by atoms with van der Waals surface area (Å²) in [4.78, 5) is 0. The van der Waals surface area contributed by atoms with Crippen molar-refractivity contribution in [1.29, 1.82) is 0 Å². The highest BCUT2D eigenvalue weighted by Gasteiger charge is 1.87. The molecule has 1 aromatic carbocycles. The average Bonchev–Trinajstić information content (AvgIpc) is 2.55. The van der Waals surface area contributed by atoms with Gasteiger partial charge in [-0.3, -0.25) is 5.10 Å². The van der Waals surface area contributed by atoms with Gasteiger partial charge >= 0.3 is 0 Å². The van der Waals surface area contributed by atoms with Crippen LogP contribution in [0.3, 0.4) is 0 Å². The van der Waals surface area contributed by atoms with Gasteiger partial charge in [0.05, 0.1) is 11.7 Å². The van der Waals surface area contributed by atoms with Crippen molar-refractivity contribution in [1.82, 2.24) is 10.2 Å². The third kappa shape index (κ3) is 1.50. The first-order valence-corrected chi connectivity index (χ1v) is 3.68. The number of hydrogen-bond donors (Lipinski definition) is 1. The molecule has 0 saturated carbocycles. The minimum absolute atomic E-state index is 0. The standard InChI is InChI=1S/C7H4N2.C2H6.H2/c1-2-4-7-6(3-1)5-8-9-7;1-2;/h3-5H,(H,8,9);1-2H3;1H. The fourth-order valence-electron chi connectivity index (χ4n) is 0.769. The zero-order chi connectivity index (χ0) is 8.10. The van der Waals surface area contributed by atoms with Gasteiger partial charge in [0.1, 0.15) is 0 Å². The van der Waals surface area contributed by atoms with Gasteiger partial charge in [-0.25, -0.2) is 0 Å². The number of nitrogens with zero attached hydrogens (tertiary/aromatic N) is 1. The summed E-state index contributed by atoms with van der Waals surface area (Å²) in [6.07, 6.45) is 1.76. The molecule has 2 aromatic rings. The van der Waals surface area contributed by atoms with E-state index in [1.54, 1.807) is 6.20 Å². The Morgan fingerprint density at radius 2 is 2.09 bits per heavy atom. The molecule has 0 fully saturated rings. The van der Waals surface area contributed by atoms with E-state index in [2.05, 4.69) is 22.3 Å². The molecule has 2 rings (SSSR count). The monoisotopic (exact) mass is 148 g/mol. The van der Waals surface area contributed by atoms with Crippen molar-refractivity contribution in [2.24, 2.45) is 0 Å². The molecule has 58 valence electrons. The molecule has 1 heterocycles. The maximum Gasteiger partial charge on any atom is 0.0740 e. The molecule has 0 bridgehead atoms. The molecular formula is C9H12N2. The Balaban J connectivity index is 0.000000378. The Morgan fingerprint density at radius 1 is 1.36 bits per heavy atom. The summed E-state index contributed by atoms with van der Waals surface area (Å²) in [5, 5.41) is 7.73. The molecule has 0 aliphatic heterocycles. The van der Waals surface area contributed by atoms with Crippen LogP contribution in [0.1, 0.15) is 15.3 Å². The van der Waals surface area contributed by atoms with Crippen molar-refractivity contribution in [2.75, 3.05) is 0 Å². The summed E-state index contributed by atoms with van der Waals surface area (Å²) in [5.41, 5.74) is 1.01. The third-order valence-corrected chi connectivity index (χ3v) is 1.23. The molecule has 2 heteroatoms. The van der Waals surface area contributed by atoms with Crippen LogP contribution in [0, 0.1) is 12.1 Å². The second-order valence-corrected chi connectivity index (χ2v) is 1.82. The van der Waals surface area contributed by atoms with E-state index in [1.807, 2.05) is 26.0 Å². The van der Waals surface area contributed by atoms with E-state index in [4.69, 9.17) is 0 Å². The number of aromatic nitrogens is 2. The highest BCUT2D eigenvalue weighted by molar-refractivity contribution is 5.76. The lowest BCUT2D eigenvalue weighted by Crippen LogP contribution is -1.62. The van der Waals surface area contributed by atoms with Gasteiger partial charge in [0.25, 0.3) is 0 Å². The van der Waals surface area contributed by atoms with Crippen LogP contribution >= 0.6 is 0 Å². The first-order valence-electron chi connectivity index (χ1n) is 3.68. The molecule has 11 heavy (non-hydrogen) atoms. The maximum atomic E-state index is 3.84. The van der Waals surface area contributed by atoms with E-state index in [1.165, 1.54) is 0 Å². The Labute approximate surface area is 67.7 Å². The van der Waals surface area contributed by atoms with E-state index in [0.29, 0.717) is 0 Å². The van der Waals surface area contributed by atoms with Gasteiger partial charge in [0.15, 0.2) is 0 Å². The Bertz CT molecular complexity index is 287. The highest BCUT2D eigenvalue weighted by atomic mass is 15.1. The van der Waals surface area contributed by atoms with Crippen molar-refractivity contribution in [2.45, 2.75) is 13.8 Å². The summed E-state index contributed by atoms with van der Waals surface area (Å²) < 4.78 is 0. The summed E-state index contributed by atoms with van der Waals surface area (Å²) in [6.45, 7) is 4.00. The largest absolute Gasteiger partial charge is 0.277 e. The van der Waals surface area contributed by atoms with Gasteiger partial charge in [0.2, 0.25) is 0 Å². The molecule has 0 unspecified atom stereocenters. The van der Waals surface area contributed by atoms with E-state index < -0.39 is 0 Å². The van der Waals surface area contributed by atoms with Gasteiger partial charge < -0.3 is 0 Å². The van der Waals surface area contributed by atoms with Crippen LogP contribution in [-0.2, 0) is 0 Å². The summed E-state index contributed by atoms with van der Waals surface area (Å²) in [7, 11) is 0. The van der Waals surface area contributed by atoms with Gasteiger partial charge in [-0.2, -0.15) is 5.10 Å². The van der Waals surface area contributed by atoms with Crippen LogP contribution in [0.15, 0.2) is 18.3 Å². The van der Waals surface area contributed by atoms with E-state index in [0.717, 1.165) is 10.9 Å². The number of fused-ring (bicyclic) bond motifs is 1. The number of hydrogen-bond acceptors (Lipinski definition) is 1. The lowest BCUT2D eigenvalue weighted by molar-refractivity contribution is 1.12. The van der Waals surface area contributed by atoms with E-state index >= 15 is 0 Å². The number of nitrogens with one attached hydrogen (secondary N) is 1. The van der Waals surface area contributed by atoms with Gasteiger partial charge in [-0.1, -0.05) is 26.0 Å². The number of aromatic amines is 1. The van der Waals surface area contributed by atoms with Gasteiger partial charge in [-0.15, -0.1) is 0 Å². The first-order chi connectivity index (χ1) is 5.47. The summed E-state index contributed by atoms with van der Waals surface area (Å²) in [5.74, 6) is 0. The quantitative estimate of drug-likeness (QED) is 0.610. The van der Waals surface area contributed by atoms with Crippen LogP contribution in [0.2, 0.25) is 0 Å². The molecule has 2 nitrogen and oxygen atoms in total. The van der Waals surface area contributed by atoms with E-state index in [9.17, 15) is 0 Å². The molecule has 0 amide bonds.